The summed E-state index contributed by atoms with van der Waals surface area (Å²) in [4.78, 5) is 8.91. The zero-order valence-corrected chi connectivity index (χ0v) is 11.6. The minimum atomic E-state index is 0.340. The maximum absolute atomic E-state index is 6.07. The SMILES string of the molecule is CSC1(Cn2c(N)nc3c(C)ccnc32)CCC1. The minimum absolute atomic E-state index is 0.340. The molecular weight excluding hydrogens is 244 g/mol. The lowest BCUT2D eigenvalue weighted by atomic mass is 9.84. The molecule has 3 rings (SSSR count). The van der Waals surface area contributed by atoms with Gasteiger partial charge in [0.1, 0.15) is 5.52 Å². The summed E-state index contributed by atoms with van der Waals surface area (Å²) in [7, 11) is 0. The number of hydrogen-bond acceptors (Lipinski definition) is 4. The molecular formula is C13H18N4S. The first-order valence-electron chi connectivity index (χ1n) is 6.28. The Labute approximate surface area is 111 Å². The van der Waals surface area contributed by atoms with Crippen molar-refractivity contribution in [2.24, 2.45) is 0 Å². The fourth-order valence-electron chi connectivity index (χ4n) is 2.60. The van der Waals surface area contributed by atoms with Crippen molar-refractivity contribution in [2.75, 3.05) is 12.0 Å². The van der Waals surface area contributed by atoms with Crippen LogP contribution in [0.15, 0.2) is 12.3 Å². The van der Waals surface area contributed by atoms with Crippen LogP contribution in [0.2, 0.25) is 0 Å². The van der Waals surface area contributed by atoms with Crippen LogP contribution >= 0.6 is 11.8 Å². The van der Waals surface area contributed by atoms with Gasteiger partial charge >= 0.3 is 0 Å². The molecule has 0 radical (unpaired) electrons. The number of aromatic nitrogens is 3. The highest BCUT2D eigenvalue weighted by atomic mass is 32.2. The highest BCUT2D eigenvalue weighted by molar-refractivity contribution is 8.00. The van der Waals surface area contributed by atoms with Crippen LogP contribution in [-0.4, -0.2) is 25.5 Å². The Morgan fingerprint density at radius 1 is 1.50 bits per heavy atom. The van der Waals surface area contributed by atoms with E-state index in [-0.39, 0.29) is 0 Å². The van der Waals surface area contributed by atoms with Crippen molar-refractivity contribution >= 4 is 28.9 Å². The number of thioether (sulfide) groups is 1. The maximum Gasteiger partial charge on any atom is 0.202 e. The summed E-state index contributed by atoms with van der Waals surface area (Å²) < 4.78 is 2.42. The number of nitrogen functional groups attached to an aromatic ring is 1. The van der Waals surface area contributed by atoms with Gasteiger partial charge in [-0.15, -0.1) is 0 Å². The van der Waals surface area contributed by atoms with Gasteiger partial charge in [0.05, 0.1) is 0 Å². The van der Waals surface area contributed by atoms with Crippen molar-refractivity contribution in [3.63, 3.8) is 0 Å². The highest BCUT2D eigenvalue weighted by Crippen LogP contribution is 2.44. The minimum Gasteiger partial charge on any atom is -0.369 e. The summed E-state index contributed by atoms with van der Waals surface area (Å²) in [5, 5.41) is 0. The largest absolute Gasteiger partial charge is 0.369 e. The van der Waals surface area contributed by atoms with Gasteiger partial charge in [-0.2, -0.15) is 11.8 Å². The predicted octanol–water partition coefficient (Wildman–Crippen LogP) is 2.61. The second-order valence-electron chi connectivity index (χ2n) is 5.10. The van der Waals surface area contributed by atoms with Crippen molar-refractivity contribution < 1.29 is 0 Å². The third kappa shape index (κ3) is 1.68. The summed E-state index contributed by atoms with van der Waals surface area (Å²) in [6.07, 6.45) is 7.87. The number of anilines is 1. The standard InChI is InChI=1S/C13H18N4S/c1-9-4-7-15-11-10(9)16-12(14)17(11)8-13(18-2)5-3-6-13/h4,7H,3,5-6,8H2,1-2H3,(H2,14,16). The van der Waals surface area contributed by atoms with E-state index in [1.165, 1.54) is 19.3 Å². The summed E-state index contributed by atoms with van der Waals surface area (Å²) in [6.45, 7) is 2.97. The third-order valence-electron chi connectivity index (χ3n) is 4.01. The Morgan fingerprint density at radius 2 is 2.28 bits per heavy atom. The molecule has 0 amide bonds. The fourth-order valence-corrected chi connectivity index (χ4v) is 3.55. The summed E-state index contributed by atoms with van der Waals surface area (Å²) in [6, 6.07) is 1.98. The normalized spacial score (nSPS) is 17.9. The zero-order chi connectivity index (χ0) is 12.8. The topological polar surface area (TPSA) is 56.7 Å². The predicted molar refractivity (Wildman–Crippen MR) is 76.8 cm³/mol. The van der Waals surface area contributed by atoms with Gasteiger partial charge in [0.25, 0.3) is 0 Å². The average molecular weight is 262 g/mol. The molecule has 0 aromatic carbocycles. The third-order valence-corrected chi connectivity index (χ3v) is 5.41. The van der Waals surface area contributed by atoms with E-state index in [0.717, 1.165) is 23.3 Å². The Balaban J connectivity index is 2.06. The van der Waals surface area contributed by atoms with Crippen LogP contribution in [0.1, 0.15) is 24.8 Å². The monoisotopic (exact) mass is 262 g/mol. The molecule has 2 aromatic heterocycles. The van der Waals surface area contributed by atoms with E-state index in [1.54, 1.807) is 0 Å². The van der Waals surface area contributed by atoms with Gasteiger partial charge in [0, 0.05) is 17.5 Å². The van der Waals surface area contributed by atoms with E-state index in [2.05, 4.69) is 27.7 Å². The number of nitrogens with zero attached hydrogens (tertiary/aromatic N) is 3. The van der Waals surface area contributed by atoms with Crippen LogP contribution in [0.25, 0.3) is 11.2 Å². The van der Waals surface area contributed by atoms with Crippen LogP contribution in [-0.2, 0) is 6.54 Å². The van der Waals surface area contributed by atoms with E-state index in [4.69, 9.17) is 5.73 Å². The van der Waals surface area contributed by atoms with E-state index in [9.17, 15) is 0 Å². The molecule has 2 N–H and O–H groups in total. The van der Waals surface area contributed by atoms with Gasteiger partial charge in [-0.05, 0) is 37.7 Å². The first-order chi connectivity index (χ1) is 8.65. The Morgan fingerprint density at radius 3 is 2.89 bits per heavy atom. The fraction of sp³-hybridized carbons (Fsp3) is 0.538. The first kappa shape index (κ1) is 11.8. The molecule has 4 nitrogen and oxygen atoms in total. The number of hydrogen-bond donors (Lipinski definition) is 1. The van der Waals surface area contributed by atoms with E-state index >= 15 is 0 Å². The lowest BCUT2D eigenvalue weighted by Crippen LogP contribution is -2.38. The molecule has 1 aliphatic rings. The molecule has 1 aliphatic carbocycles. The van der Waals surface area contributed by atoms with Crippen LogP contribution in [0.5, 0.6) is 0 Å². The van der Waals surface area contributed by atoms with Crippen molar-refractivity contribution in [2.45, 2.75) is 37.5 Å². The summed E-state index contributed by atoms with van der Waals surface area (Å²) >= 11 is 1.95. The second kappa shape index (κ2) is 4.16. The quantitative estimate of drug-likeness (QED) is 0.923. The molecule has 0 bridgehead atoms. The Kier molecular flexibility index (Phi) is 2.73. The van der Waals surface area contributed by atoms with Gasteiger partial charge < -0.3 is 5.73 Å². The van der Waals surface area contributed by atoms with Crippen molar-refractivity contribution in [3.8, 4) is 0 Å². The van der Waals surface area contributed by atoms with Crippen molar-refractivity contribution in [3.05, 3.63) is 17.8 Å². The molecule has 18 heavy (non-hydrogen) atoms. The number of aryl methyl sites for hydroxylation is 1. The van der Waals surface area contributed by atoms with Crippen molar-refractivity contribution in [1.82, 2.24) is 14.5 Å². The second-order valence-corrected chi connectivity index (χ2v) is 6.37. The molecule has 5 heteroatoms. The number of imidazole rings is 1. The number of nitrogens with two attached hydrogens (primary N) is 1. The molecule has 2 heterocycles. The molecule has 0 unspecified atom stereocenters. The van der Waals surface area contributed by atoms with Crippen LogP contribution in [0.3, 0.4) is 0 Å². The molecule has 96 valence electrons. The molecule has 1 saturated carbocycles. The molecule has 0 aliphatic heterocycles. The number of rotatable bonds is 3. The summed E-state index contributed by atoms with van der Waals surface area (Å²) in [5.41, 5.74) is 9.06. The van der Waals surface area contributed by atoms with Crippen molar-refractivity contribution in [1.29, 1.82) is 0 Å². The van der Waals surface area contributed by atoms with Crippen LogP contribution < -0.4 is 5.73 Å². The average Bonchev–Trinajstić information content (AvgIpc) is 2.62. The maximum atomic E-state index is 6.07. The van der Waals surface area contributed by atoms with Gasteiger partial charge in [-0.25, -0.2) is 9.97 Å². The van der Waals surface area contributed by atoms with Gasteiger partial charge in [0.15, 0.2) is 5.65 Å². The van der Waals surface area contributed by atoms with Crippen LogP contribution in [0.4, 0.5) is 5.95 Å². The van der Waals surface area contributed by atoms with Crippen LogP contribution in [0, 0.1) is 6.92 Å². The highest BCUT2D eigenvalue weighted by Gasteiger charge is 2.37. The zero-order valence-electron chi connectivity index (χ0n) is 10.8. The van der Waals surface area contributed by atoms with E-state index in [0.29, 0.717) is 10.7 Å². The molecule has 0 spiro atoms. The molecule has 0 atom stereocenters. The van der Waals surface area contributed by atoms with Gasteiger partial charge in [-0.1, -0.05) is 6.42 Å². The lowest BCUT2D eigenvalue weighted by Gasteiger charge is -2.40. The number of pyridine rings is 1. The van der Waals surface area contributed by atoms with E-state index < -0.39 is 0 Å². The number of fused-ring (bicyclic) bond motifs is 1. The van der Waals surface area contributed by atoms with Gasteiger partial charge in [0.2, 0.25) is 5.95 Å². The Bertz CT molecular complexity index is 580. The lowest BCUT2D eigenvalue weighted by molar-refractivity contribution is 0.326. The summed E-state index contributed by atoms with van der Waals surface area (Å²) in [5.74, 6) is 0.590. The van der Waals surface area contributed by atoms with Gasteiger partial charge in [-0.3, -0.25) is 4.57 Å². The smallest absolute Gasteiger partial charge is 0.202 e. The molecule has 0 saturated heterocycles. The first-order valence-corrected chi connectivity index (χ1v) is 7.50. The molecule has 1 fully saturated rings. The Hall–Kier alpha value is -1.23. The molecule has 2 aromatic rings. The van der Waals surface area contributed by atoms with E-state index in [1.807, 2.05) is 24.0 Å².